The van der Waals surface area contributed by atoms with Gasteiger partial charge < -0.3 is 30.1 Å². The molecule has 4 aliphatic rings. The quantitative estimate of drug-likeness (QED) is 0.626. The molecule has 0 saturated carbocycles. The van der Waals surface area contributed by atoms with Gasteiger partial charge in [0.25, 0.3) is 0 Å². The number of nitrogens with zero attached hydrogens (tertiary/aromatic N) is 6. The highest BCUT2D eigenvalue weighted by Crippen LogP contribution is 2.45. The van der Waals surface area contributed by atoms with E-state index < -0.39 is 0 Å². The van der Waals surface area contributed by atoms with Gasteiger partial charge in [0, 0.05) is 37.3 Å². The van der Waals surface area contributed by atoms with Crippen LogP contribution in [0.5, 0.6) is 5.75 Å². The minimum Gasteiger partial charge on any atom is -0.486 e. The lowest BCUT2D eigenvalue weighted by Crippen LogP contribution is -2.51. The molecule has 0 bridgehead atoms. The van der Waals surface area contributed by atoms with Crippen LogP contribution < -0.4 is 20.3 Å². The average Bonchev–Trinajstić information content (AvgIpc) is 3.46. The Morgan fingerprint density at radius 3 is 2.86 bits per heavy atom. The van der Waals surface area contributed by atoms with Crippen molar-refractivity contribution in [1.82, 2.24) is 15.0 Å². The summed E-state index contributed by atoms with van der Waals surface area (Å²) in [6, 6.07) is 4.53. The van der Waals surface area contributed by atoms with Gasteiger partial charge in [0.15, 0.2) is 17.4 Å². The van der Waals surface area contributed by atoms with Crippen molar-refractivity contribution in [3.8, 4) is 11.8 Å². The predicted octanol–water partition coefficient (Wildman–Crippen LogP) is 1.96. The first-order valence-corrected chi connectivity index (χ1v) is 13.4. The Labute approximate surface area is 214 Å². The average molecular weight is 510 g/mol. The molecule has 0 amide bonds. The summed E-state index contributed by atoms with van der Waals surface area (Å²) in [4.78, 5) is 19.3. The van der Waals surface area contributed by atoms with Crippen molar-refractivity contribution in [2.75, 3.05) is 42.6 Å². The Bertz CT molecular complexity index is 1180. The highest BCUT2D eigenvalue weighted by atomic mass is 32.2. The number of nitrogens with two attached hydrogens (primary N) is 1. The van der Waals surface area contributed by atoms with Gasteiger partial charge in [-0.15, -0.1) is 0 Å². The molecule has 0 aromatic carbocycles. The molecule has 10 nitrogen and oxygen atoms in total. The van der Waals surface area contributed by atoms with E-state index in [0.717, 1.165) is 54.6 Å². The molecular formula is C25H31N7O3S. The van der Waals surface area contributed by atoms with E-state index in [9.17, 15) is 10.4 Å². The van der Waals surface area contributed by atoms with Crippen LogP contribution in [0.25, 0.3) is 0 Å². The van der Waals surface area contributed by atoms with Crippen molar-refractivity contribution in [3.63, 3.8) is 0 Å². The number of hydrogen-bond acceptors (Lipinski definition) is 11. The molecule has 190 valence electrons. The van der Waals surface area contributed by atoms with Gasteiger partial charge in [0.1, 0.15) is 17.3 Å². The normalized spacial score (nSPS) is 28.5. The second-order valence-corrected chi connectivity index (χ2v) is 11.3. The lowest BCUT2D eigenvalue weighted by Gasteiger charge is -2.41. The molecular weight excluding hydrogens is 478 g/mol. The molecule has 3 N–H and O–H groups in total. The van der Waals surface area contributed by atoms with Gasteiger partial charge in [-0.25, -0.2) is 15.0 Å². The summed E-state index contributed by atoms with van der Waals surface area (Å²) in [6.07, 6.45) is 6.29. The predicted molar refractivity (Wildman–Crippen MR) is 134 cm³/mol. The van der Waals surface area contributed by atoms with E-state index in [1.165, 1.54) is 11.8 Å². The molecule has 11 heteroatoms. The molecule has 4 aliphatic heterocycles. The van der Waals surface area contributed by atoms with Gasteiger partial charge in [-0.3, -0.25) is 0 Å². The first-order chi connectivity index (χ1) is 17.5. The Balaban J connectivity index is 1.19. The second-order valence-electron chi connectivity index (χ2n) is 10.3. The number of nitriles is 1. The number of pyridine rings is 1. The zero-order valence-electron chi connectivity index (χ0n) is 20.3. The number of aliphatic hydroxyl groups is 1. The van der Waals surface area contributed by atoms with Crippen LogP contribution in [0.2, 0.25) is 0 Å². The number of piperidine rings is 1. The minimum absolute atomic E-state index is 0.00168. The number of aromatic nitrogens is 3. The monoisotopic (exact) mass is 509 g/mol. The molecule has 0 unspecified atom stereocenters. The van der Waals surface area contributed by atoms with E-state index in [2.05, 4.69) is 27.8 Å². The summed E-state index contributed by atoms with van der Waals surface area (Å²) < 4.78 is 12.0. The van der Waals surface area contributed by atoms with E-state index in [4.69, 9.17) is 25.2 Å². The SMILES string of the molecule is C[C@@H]1OCC2(CCN(c3ncc(Sc4ccnc5c4OC[C@@H]4C[C@H](C#N)CN54)nc3CO)CC2)[C@@H]1N. The van der Waals surface area contributed by atoms with Crippen LogP contribution >= 0.6 is 11.8 Å². The number of ether oxygens (including phenoxy) is 2. The van der Waals surface area contributed by atoms with Crippen molar-refractivity contribution in [1.29, 1.82) is 5.26 Å². The summed E-state index contributed by atoms with van der Waals surface area (Å²) in [7, 11) is 0. The lowest BCUT2D eigenvalue weighted by molar-refractivity contribution is 0.0973. The number of rotatable bonds is 4. The molecule has 2 aromatic rings. The van der Waals surface area contributed by atoms with E-state index in [1.54, 1.807) is 12.4 Å². The molecule has 3 fully saturated rings. The molecule has 0 aliphatic carbocycles. The van der Waals surface area contributed by atoms with Gasteiger partial charge in [-0.1, -0.05) is 11.8 Å². The lowest BCUT2D eigenvalue weighted by atomic mass is 9.73. The molecule has 36 heavy (non-hydrogen) atoms. The van der Waals surface area contributed by atoms with Crippen molar-refractivity contribution in [2.45, 2.75) is 60.9 Å². The maximum atomic E-state index is 10.1. The van der Waals surface area contributed by atoms with E-state index in [0.29, 0.717) is 30.5 Å². The van der Waals surface area contributed by atoms with Crippen LogP contribution in [0.3, 0.4) is 0 Å². The summed E-state index contributed by atoms with van der Waals surface area (Å²) in [6.45, 7) is 5.42. The number of aliphatic hydroxyl groups excluding tert-OH is 1. The number of fused-ring (bicyclic) bond motifs is 3. The summed E-state index contributed by atoms with van der Waals surface area (Å²) in [5.74, 6) is 2.23. The van der Waals surface area contributed by atoms with Crippen LogP contribution in [-0.4, -0.2) is 71.1 Å². The van der Waals surface area contributed by atoms with Crippen molar-refractivity contribution in [3.05, 3.63) is 24.2 Å². The molecule has 6 rings (SSSR count). The van der Waals surface area contributed by atoms with E-state index in [-0.39, 0.29) is 36.1 Å². The Morgan fingerprint density at radius 2 is 2.14 bits per heavy atom. The second kappa shape index (κ2) is 9.34. The Hall–Kier alpha value is -2.65. The van der Waals surface area contributed by atoms with Crippen LogP contribution in [0.1, 0.15) is 31.9 Å². The third-order valence-corrected chi connectivity index (χ3v) is 9.16. The Morgan fingerprint density at radius 1 is 1.31 bits per heavy atom. The van der Waals surface area contributed by atoms with Crippen LogP contribution in [0.15, 0.2) is 28.4 Å². The zero-order valence-corrected chi connectivity index (χ0v) is 21.2. The topological polar surface area (TPSA) is 134 Å². The smallest absolute Gasteiger partial charge is 0.175 e. The highest BCUT2D eigenvalue weighted by Gasteiger charge is 2.48. The first kappa shape index (κ1) is 23.7. The first-order valence-electron chi connectivity index (χ1n) is 12.6. The largest absolute Gasteiger partial charge is 0.486 e. The molecule has 3 saturated heterocycles. The van der Waals surface area contributed by atoms with Gasteiger partial charge in [0.05, 0.1) is 48.4 Å². The number of hydrogen-bond donors (Lipinski definition) is 2. The fourth-order valence-electron chi connectivity index (χ4n) is 6.02. The molecule has 1 spiro atoms. The van der Waals surface area contributed by atoms with E-state index >= 15 is 0 Å². The maximum absolute atomic E-state index is 10.1. The van der Waals surface area contributed by atoms with E-state index in [1.807, 2.05) is 6.07 Å². The van der Waals surface area contributed by atoms with Gasteiger partial charge in [0.2, 0.25) is 0 Å². The molecule has 6 heterocycles. The minimum atomic E-state index is -0.187. The fourth-order valence-corrected chi connectivity index (χ4v) is 6.88. The van der Waals surface area contributed by atoms with Crippen molar-refractivity contribution >= 4 is 23.4 Å². The molecule has 0 radical (unpaired) electrons. The third-order valence-electron chi connectivity index (χ3n) is 8.21. The third kappa shape index (κ3) is 3.96. The maximum Gasteiger partial charge on any atom is 0.175 e. The summed E-state index contributed by atoms with van der Waals surface area (Å²) >= 11 is 1.45. The molecule has 2 aromatic heterocycles. The van der Waals surface area contributed by atoms with Crippen molar-refractivity contribution < 1.29 is 14.6 Å². The fraction of sp³-hybridized carbons (Fsp3) is 0.600. The number of anilines is 2. The zero-order chi connectivity index (χ0) is 24.9. The van der Waals surface area contributed by atoms with Crippen LogP contribution in [-0.2, 0) is 11.3 Å². The van der Waals surface area contributed by atoms with Gasteiger partial charge in [-0.2, -0.15) is 5.26 Å². The molecule has 4 atom stereocenters. The summed E-state index contributed by atoms with van der Waals surface area (Å²) in [5, 5.41) is 20.2. The van der Waals surface area contributed by atoms with Crippen LogP contribution in [0.4, 0.5) is 11.6 Å². The Kier molecular flexibility index (Phi) is 6.16. The standard InChI is InChI=1S/C25H31N7O3S/c1-15-22(27)25(14-35-15)3-6-31(7-4-25)23-18(12-33)30-20(10-29-23)36-19-2-5-28-24-21(19)34-13-17-8-16(9-26)11-32(17)24/h2,5,10,15-17,22,33H,3-4,6-8,11-14,27H2,1H3/t15-,16+,17-,22+/m0/s1. The van der Waals surface area contributed by atoms with Crippen LogP contribution in [0, 0.1) is 22.7 Å². The van der Waals surface area contributed by atoms with Crippen molar-refractivity contribution in [2.24, 2.45) is 17.1 Å². The van der Waals surface area contributed by atoms with Gasteiger partial charge in [-0.05, 0) is 32.3 Å². The van der Waals surface area contributed by atoms with Gasteiger partial charge >= 0.3 is 0 Å². The highest BCUT2D eigenvalue weighted by molar-refractivity contribution is 7.99. The summed E-state index contributed by atoms with van der Waals surface area (Å²) in [5.41, 5.74) is 7.06.